The van der Waals surface area contributed by atoms with Gasteiger partial charge in [0.25, 0.3) is 0 Å². The van der Waals surface area contributed by atoms with E-state index in [0.717, 1.165) is 39.4 Å². The van der Waals surface area contributed by atoms with Gasteiger partial charge in [-0.3, -0.25) is 0 Å². The molecule has 0 saturated heterocycles. The number of anilines is 2. The van der Waals surface area contributed by atoms with Crippen LogP contribution in [0.5, 0.6) is 0 Å². The number of rotatable bonds is 2. The Morgan fingerprint density at radius 2 is 1.37 bits per heavy atom. The summed E-state index contributed by atoms with van der Waals surface area (Å²) in [6.45, 7) is 5.90. The number of benzene rings is 2. The molecule has 98 valence electrons. The predicted octanol–water partition coefficient (Wildman–Crippen LogP) is 4.19. The van der Waals surface area contributed by atoms with Gasteiger partial charge in [0, 0.05) is 11.4 Å². The number of azo groups is 1. The molecule has 0 aliphatic heterocycles. The second kappa shape index (κ2) is 5.10. The third kappa shape index (κ3) is 2.91. The lowest BCUT2D eigenvalue weighted by molar-refractivity contribution is 1.19. The van der Waals surface area contributed by atoms with E-state index in [0.29, 0.717) is 0 Å². The van der Waals surface area contributed by atoms with Crippen LogP contribution in [-0.2, 0) is 0 Å². The van der Waals surface area contributed by atoms with Crippen molar-refractivity contribution in [3.05, 3.63) is 47.0 Å². The monoisotopic (exact) mass is 254 g/mol. The zero-order chi connectivity index (χ0) is 14.0. The van der Waals surface area contributed by atoms with Crippen molar-refractivity contribution in [2.45, 2.75) is 20.8 Å². The van der Waals surface area contributed by atoms with Gasteiger partial charge in [0.05, 0.1) is 11.4 Å². The molecule has 0 radical (unpaired) electrons. The molecule has 0 fully saturated rings. The summed E-state index contributed by atoms with van der Waals surface area (Å²) in [7, 11) is 0. The lowest BCUT2D eigenvalue weighted by Crippen LogP contribution is -1.90. The third-order valence-corrected chi connectivity index (χ3v) is 3.07. The molecule has 0 aliphatic rings. The lowest BCUT2D eigenvalue weighted by atomic mass is 10.1. The molecule has 0 aromatic heterocycles. The molecule has 4 N–H and O–H groups in total. The topological polar surface area (TPSA) is 76.8 Å². The highest BCUT2D eigenvalue weighted by atomic mass is 15.1. The van der Waals surface area contributed by atoms with E-state index in [2.05, 4.69) is 10.2 Å². The predicted molar refractivity (Wildman–Crippen MR) is 80.1 cm³/mol. The van der Waals surface area contributed by atoms with E-state index < -0.39 is 0 Å². The zero-order valence-corrected chi connectivity index (χ0v) is 11.4. The maximum Gasteiger partial charge on any atom is 0.0890 e. The van der Waals surface area contributed by atoms with Crippen LogP contribution < -0.4 is 11.5 Å². The van der Waals surface area contributed by atoms with Crippen LogP contribution in [0.25, 0.3) is 0 Å². The standard InChI is InChI=1S/C15H18N4/c1-9-8-15(11(3)7-13(9)17)19-18-14-5-4-12(16)6-10(14)2/h4-8H,16-17H2,1-3H3. The zero-order valence-electron chi connectivity index (χ0n) is 11.4. The molecule has 0 amide bonds. The molecule has 0 spiro atoms. The van der Waals surface area contributed by atoms with Gasteiger partial charge in [-0.2, -0.15) is 10.2 Å². The van der Waals surface area contributed by atoms with Crippen LogP contribution in [0, 0.1) is 20.8 Å². The van der Waals surface area contributed by atoms with Gasteiger partial charge in [-0.1, -0.05) is 0 Å². The van der Waals surface area contributed by atoms with Crippen molar-refractivity contribution in [1.82, 2.24) is 0 Å². The second-order valence-corrected chi connectivity index (χ2v) is 4.74. The minimum atomic E-state index is 0.732. The summed E-state index contributed by atoms with van der Waals surface area (Å²) >= 11 is 0. The molecule has 0 saturated carbocycles. The molecule has 4 nitrogen and oxygen atoms in total. The van der Waals surface area contributed by atoms with Gasteiger partial charge in [0.1, 0.15) is 0 Å². The summed E-state index contributed by atoms with van der Waals surface area (Å²) in [5.74, 6) is 0. The minimum absolute atomic E-state index is 0.732. The van der Waals surface area contributed by atoms with E-state index in [1.165, 1.54) is 0 Å². The number of nitrogens with two attached hydrogens (primary N) is 2. The summed E-state index contributed by atoms with van der Waals surface area (Å²) in [6.07, 6.45) is 0. The first-order chi connectivity index (χ1) is 8.97. The van der Waals surface area contributed by atoms with E-state index in [9.17, 15) is 0 Å². The molecular weight excluding hydrogens is 236 g/mol. The first kappa shape index (κ1) is 13.1. The van der Waals surface area contributed by atoms with Crippen molar-refractivity contribution in [3.63, 3.8) is 0 Å². The van der Waals surface area contributed by atoms with Gasteiger partial charge in [-0.15, -0.1) is 0 Å². The fourth-order valence-corrected chi connectivity index (χ4v) is 1.83. The molecular formula is C15H18N4. The van der Waals surface area contributed by atoms with Crippen LogP contribution in [0.1, 0.15) is 16.7 Å². The molecule has 0 heterocycles. The highest BCUT2D eigenvalue weighted by Gasteiger charge is 2.02. The maximum absolute atomic E-state index is 5.85. The van der Waals surface area contributed by atoms with Crippen molar-refractivity contribution in [1.29, 1.82) is 0 Å². The number of nitrogens with zero attached hydrogens (tertiary/aromatic N) is 2. The van der Waals surface area contributed by atoms with Crippen LogP contribution in [0.3, 0.4) is 0 Å². The number of aryl methyl sites for hydroxylation is 3. The van der Waals surface area contributed by atoms with Crippen LogP contribution >= 0.6 is 0 Å². The van der Waals surface area contributed by atoms with E-state index in [1.807, 2.05) is 51.1 Å². The number of hydrogen-bond acceptors (Lipinski definition) is 4. The highest BCUT2D eigenvalue weighted by Crippen LogP contribution is 2.28. The summed E-state index contributed by atoms with van der Waals surface area (Å²) in [5, 5.41) is 8.57. The molecule has 2 rings (SSSR count). The summed E-state index contributed by atoms with van der Waals surface area (Å²) < 4.78 is 0. The second-order valence-electron chi connectivity index (χ2n) is 4.74. The Morgan fingerprint density at radius 3 is 2.05 bits per heavy atom. The Kier molecular flexibility index (Phi) is 3.51. The average molecular weight is 254 g/mol. The Hall–Kier alpha value is -2.36. The van der Waals surface area contributed by atoms with Crippen molar-refractivity contribution in [2.75, 3.05) is 11.5 Å². The van der Waals surface area contributed by atoms with Gasteiger partial charge in [0.2, 0.25) is 0 Å². The number of hydrogen-bond donors (Lipinski definition) is 2. The van der Waals surface area contributed by atoms with Crippen molar-refractivity contribution in [3.8, 4) is 0 Å². The lowest BCUT2D eigenvalue weighted by Gasteiger charge is -2.05. The van der Waals surface area contributed by atoms with Crippen LogP contribution in [0.15, 0.2) is 40.6 Å². The van der Waals surface area contributed by atoms with Gasteiger partial charge in [0.15, 0.2) is 0 Å². The largest absolute Gasteiger partial charge is 0.399 e. The Labute approximate surface area is 113 Å². The van der Waals surface area contributed by atoms with Gasteiger partial charge >= 0.3 is 0 Å². The maximum atomic E-state index is 5.85. The quantitative estimate of drug-likeness (QED) is 0.622. The summed E-state index contributed by atoms with van der Waals surface area (Å²) in [5.41, 5.74) is 17.8. The van der Waals surface area contributed by atoms with Crippen LogP contribution in [0.4, 0.5) is 22.7 Å². The summed E-state index contributed by atoms with van der Waals surface area (Å²) in [4.78, 5) is 0. The van der Waals surface area contributed by atoms with Crippen molar-refractivity contribution in [2.24, 2.45) is 10.2 Å². The van der Waals surface area contributed by atoms with Gasteiger partial charge in [-0.25, -0.2) is 0 Å². The van der Waals surface area contributed by atoms with Gasteiger partial charge in [-0.05, 0) is 67.8 Å². The van der Waals surface area contributed by atoms with E-state index in [4.69, 9.17) is 11.5 Å². The first-order valence-electron chi connectivity index (χ1n) is 6.12. The smallest absolute Gasteiger partial charge is 0.0890 e. The van der Waals surface area contributed by atoms with Gasteiger partial charge < -0.3 is 11.5 Å². The molecule has 0 atom stereocenters. The Balaban J connectivity index is 2.35. The molecule has 4 heteroatoms. The average Bonchev–Trinajstić information content (AvgIpc) is 2.34. The normalized spacial score (nSPS) is 11.1. The SMILES string of the molecule is Cc1cc(N=Nc2ccc(N)cc2C)c(C)cc1N. The summed E-state index contributed by atoms with van der Waals surface area (Å²) in [6, 6.07) is 9.44. The molecule has 2 aromatic rings. The molecule has 19 heavy (non-hydrogen) atoms. The van der Waals surface area contributed by atoms with Crippen LogP contribution in [0.2, 0.25) is 0 Å². The third-order valence-electron chi connectivity index (χ3n) is 3.07. The molecule has 2 aromatic carbocycles. The van der Waals surface area contributed by atoms with Crippen LogP contribution in [-0.4, -0.2) is 0 Å². The Morgan fingerprint density at radius 1 is 0.737 bits per heavy atom. The van der Waals surface area contributed by atoms with E-state index in [-0.39, 0.29) is 0 Å². The Bertz CT molecular complexity index is 645. The van der Waals surface area contributed by atoms with E-state index in [1.54, 1.807) is 0 Å². The van der Waals surface area contributed by atoms with E-state index >= 15 is 0 Å². The molecule has 0 unspecified atom stereocenters. The fourth-order valence-electron chi connectivity index (χ4n) is 1.83. The highest BCUT2D eigenvalue weighted by molar-refractivity contribution is 5.59. The first-order valence-corrected chi connectivity index (χ1v) is 6.12. The number of nitrogen functional groups attached to an aromatic ring is 2. The fraction of sp³-hybridized carbons (Fsp3) is 0.200. The minimum Gasteiger partial charge on any atom is -0.399 e. The van der Waals surface area contributed by atoms with Crippen molar-refractivity contribution < 1.29 is 0 Å². The molecule has 0 bridgehead atoms. The van der Waals surface area contributed by atoms with Crippen molar-refractivity contribution >= 4 is 22.7 Å². The molecule has 0 aliphatic carbocycles.